The Balaban J connectivity index is 3.23. The average molecular weight is 308 g/mol. The summed E-state index contributed by atoms with van der Waals surface area (Å²) in [7, 11) is -3.46. The summed E-state index contributed by atoms with van der Waals surface area (Å²) in [6.07, 6.45) is 0.788. The highest BCUT2D eigenvalue weighted by molar-refractivity contribution is 7.89. The molecule has 4 nitrogen and oxygen atoms in total. The number of aryl methyl sites for hydroxylation is 1. The highest BCUT2D eigenvalue weighted by Gasteiger charge is 2.26. The van der Waals surface area contributed by atoms with Gasteiger partial charge in [-0.15, -0.1) is 0 Å². The van der Waals surface area contributed by atoms with Crippen molar-refractivity contribution in [2.45, 2.75) is 45.1 Å². The summed E-state index contributed by atoms with van der Waals surface area (Å²) in [6, 6.07) is 4.98. The van der Waals surface area contributed by atoms with E-state index in [1.54, 1.807) is 18.2 Å². The van der Waals surface area contributed by atoms with E-state index in [1.165, 1.54) is 4.31 Å². The van der Waals surface area contributed by atoms with E-state index in [4.69, 9.17) is 5.73 Å². The van der Waals surface area contributed by atoms with Crippen molar-refractivity contribution in [3.63, 3.8) is 0 Å². The summed E-state index contributed by atoms with van der Waals surface area (Å²) in [4.78, 5) is 0.320. The maximum atomic E-state index is 12.7. The van der Waals surface area contributed by atoms with Crippen molar-refractivity contribution in [1.82, 2.24) is 4.31 Å². The minimum absolute atomic E-state index is 0.0630. The second kappa shape index (κ2) is 7.60. The van der Waals surface area contributed by atoms with Crippen LogP contribution in [0.3, 0.4) is 0 Å². The molecule has 1 aromatic carbocycles. The Morgan fingerprint density at radius 3 is 2.48 bits per heavy atom. The summed E-state index contributed by atoms with van der Waals surface area (Å²) in [6.45, 7) is 8.42. The molecule has 2 N–H and O–H groups in total. The van der Waals surface area contributed by atoms with E-state index in [0.717, 1.165) is 17.5 Å². The van der Waals surface area contributed by atoms with Gasteiger partial charge in [0.15, 0.2) is 0 Å². The molecule has 0 aliphatic heterocycles. The molecular weight excluding hydrogens is 284 g/mol. The lowest BCUT2D eigenvalue weighted by molar-refractivity contribution is 0.354. The summed E-state index contributed by atoms with van der Waals surface area (Å²) >= 11 is 0. The van der Waals surface area contributed by atoms with E-state index in [-0.39, 0.29) is 12.6 Å². The summed E-state index contributed by atoms with van der Waals surface area (Å²) in [5.41, 5.74) is 7.01. The number of rotatable bonds is 5. The van der Waals surface area contributed by atoms with Crippen molar-refractivity contribution in [1.29, 1.82) is 0 Å². The van der Waals surface area contributed by atoms with E-state index in [0.29, 0.717) is 11.4 Å². The van der Waals surface area contributed by atoms with Crippen LogP contribution in [0.1, 0.15) is 38.3 Å². The van der Waals surface area contributed by atoms with Gasteiger partial charge in [0.05, 0.1) is 11.4 Å². The first-order chi connectivity index (χ1) is 9.84. The molecule has 0 aliphatic carbocycles. The highest BCUT2D eigenvalue weighted by Crippen LogP contribution is 2.21. The van der Waals surface area contributed by atoms with Crippen LogP contribution in [0.4, 0.5) is 0 Å². The van der Waals surface area contributed by atoms with Gasteiger partial charge in [0.25, 0.3) is 0 Å². The van der Waals surface area contributed by atoms with E-state index in [9.17, 15) is 8.42 Å². The average Bonchev–Trinajstić information content (AvgIpc) is 2.42. The summed E-state index contributed by atoms with van der Waals surface area (Å²) < 4.78 is 27.0. The van der Waals surface area contributed by atoms with Crippen LogP contribution < -0.4 is 5.73 Å². The molecule has 0 atom stereocenters. The molecule has 1 aromatic rings. The lowest BCUT2D eigenvalue weighted by Gasteiger charge is -2.25. The van der Waals surface area contributed by atoms with Crippen LogP contribution in [-0.2, 0) is 10.0 Å². The van der Waals surface area contributed by atoms with Gasteiger partial charge in [-0.3, -0.25) is 0 Å². The number of sulfonamides is 1. The van der Waals surface area contributed by atoms with Gasteiger partial charge >= 0.3 is 0 Å². The maximum Gasteiger partial charge on any atom is 0.243 e. The first-order valence-electron chi connectivity index (χ1n) is 7.16. The van der Waals surface area contributed by atoms with Gasteiger partial charge in [-0.05, 0) is 51.0 Å². The number of hydrogen-bond acceptors (Lipinski definition) is 3. The van der Waals surface area contributed by atoms with E-state index >= 15 is 0 Å². The van der Waals surface area contributed by atoms with Crippen LogP contribution in [0.5, 0.6) is 0 Å². The van der Waals surface area contributed by atoms with E-state index in [2.05, 4.69) is 11.8 Å². The zero-order valence-corrected chi connectivity index (χ0v) is 14.0. The molecule has 0 heterocycles. The smallest absolute Gasteiger partial charge is 0.243 e. The molecule has 5 heteroatoms. The van der Waals surface area contributed by atoms with Crippen LogP contribution in [0, 0.1) is 18.8 Å². The summed E-state index contributed by atoms with van der Waals surface area (Å²) in [5, 5.41) is 0. The third-order valence-electron chi connectivity index (χ3n) is 3.15. The van der Waals surface area contributed by atoms with Crippen molar-refractivity contribution in [2.24, 2.45) is 5.73 Å². The Hall–Kier alpha value is -1.35. The van der Waals surface area contributed by atoms with Gasteiger partial charge in [-0.25, -0.2) is 8.42 Å². The Morgan fingerprint density at radius 1 is 1.33 bits per heavy atom. The third-order valence-corrected chi connectivity index (χ3v) is 5.22. The largest absolute Gasteiger partial charge is 0.320 e. The monoisotopic (exact) mass is 308 g/mol. The Bertz CT molecular complexity index is 640. The highest BCUT2D eigenvalue weighted by atomic mass is 32.2. The molecule has 0 aromatic heterocycles. The first-order valence-corrected chi connectivity index (χ1v) is 8.60. The molecule has 116 valence electrons. The van der Waals surface area contributed by atoms with Crippen molar-refractivity contribution in [3.8, 4) is 11.8 Å². The molecule has 0 saturated heterocycles. The number of nitrogens with two attached hydrogens (primary N) is 1. The van der Waals surface area contributed by atoms with Gasteiger partial charge in [-0.2, -0.15) is 4.31 Å². The molecule has 21 heavy (non-hydrogen) atoms. The molecule has 0 radical (unpaired) electrons. The van der Waals surface area contributed by atoms with Crippen LogP contribution in [0.2, 0.25) is 0 Å². The van der Waals surface area contributed by atoms with Crippen LogP contribution in [-0.4, -0.2) is 31.9 Å². The van der Waals surface area contributed by atoms with Gasteiger partial charge in [0.1, 0.15) is 0 Å². The minimum atomic E-state index is -3.46. The minimum Gasteiger partial charge on any atom is -0.320 e. The quantitative estimate of drug-likeness (QED) is 0.847. The number of nitrogens with zero attached hydrogens (tertiary/aromatic N) is 1. The van der Waals surface area contributed by atoms with E-state index < -0.39 is 10.0 Å². The Labute approximate surface area is 128 Å². The number of benzene rings is 1. The molecule has 0 aliphatic rings. The maximum absolute atomic E-state index is 12.7. The second-order valence-corrected chi connectivity index (χ2v) is 7.08. The second-order valence-electron chi connectivity index (χ2n) is 5.19. The van der Waals surface area contributed by atoms with Crippen molar-refractivity contribution < 1.29 is 8.42 Å². The van der Waals surface area contributed by atoms with Gasteiger partial charge < -0.3 is 5.73 Å². The van der Waals surface area contributed by atoms with Crippen LogP contribution in [0.25, 0.3) is 0 Å². The molecule has 0 amide bonds. The molecular formula is C16H24N2O2S. The third kappa shape index (κ3) is 4.31. The SMILES string of the molecule is CCCN(C(C)C)S(=O)(=O)c1ccc(C#CCN)c(C)c1. The predicted molar refractivity (Wildman–Crippen MR) is 86.4 cm³/mol. The molecule has 1 rings (SSSR count). The fourth-order valence-electron chi connectivity index (χ4n) is 2.09. The summed E-state index contributed by atoms with van der Waals surface area (Å²) in [5.74, 6) is 5.73. The topological polar surface area (TPSA) is 63.4 Å². The van der Waals surface area contributed by atoms with Crippen molar-refractivity contribution >= 4 is 10.0 Å². The molecule has 0 saturated carbocycles. The lowest BCUT2D eigenvalue weighted by atomic mass is 10.1. The van der Waals surface area contributed by atoms with Crippen LogP contribution >= 0.6 is 0 Å². The fourth-order valence-corrected chi connectivity index (χ4v) is 3.91. The normalized spacial score (nSPS) is 11.6. The number of hydrogen-bond donors (Lipinski definition) is 1. The van der Waals surface area contributed by atoms with Crippen LogP contribution in [0.15, 0.2) is 23.1 Å². The molecule has 0 fully saturated rings. The molecule has 0 unspecified atom stereocenters. The molecule has 0 spiro atoms. The van der Waals surface area contributed by atoms with Gasteiger partial charge in [-0.1, -0.05) is 18.8 Å². The fraction of sp³-hybridized carbons (Fsp3) is 0.500. The predicted octanol–water partition coefficient (Wildman–Crippen LogP) is 2.11. The standard InChI is InChI=1S/C16H24N2O2S/c1-5-11-18(13(2)3)21(19,20)16-9-8-15(7-6-10-17)14(4)12-16/h8-9,12-13H,5,10-11,17H2,1-4H3. The zero-order chi connectivity index (χ0) is 16.0. The molecule has 0 bridgehead atoms. The first kappa shape index (κ1) is 17.7. The Morgan fingerprint density at radius 2 is 2.00 bits per heavy atom. The van der Waals surface area contributed by atoms with Gasteiger partial charge in [0.2, 0.25) is 10.0 Å². The van der Waals surface area contributed by atoms with Gasteiger partial charge in [0, 0.05) is 18.2 Å². The zero-order valence-electron chi connectivity index (χ0n) is 13.2. The van der Waals surface area contributed by atoms with Crippen molar-refractivity contribution in [3.05, 3.63) is 29.3 Å². The van der Waals surface area contributed by atoms with E-state index in [1.807, 2.05) is 27.7 Å². The van der Waals surface area contributed by atoms with Crippen molar-refractivity contribution in [2.75, 3.05) is 13.1 Å². The Kier molecular flexibility index (Phi) is 6.41. The lowest BCUT2D eigenvalue weighted by Crippen LogP contribution is -2.37.